The van der Waals surface area contributed by atoms with Gasteiger partial charge >= 0.3 is 0 Å². The predicted molar refractivity (Wildman–Crippen MR) is 97.7 cm³/mol. The third-order valence-electron chi connectivity index (χ3n) is 4.31. The molecule has 2 aromatic carbocycles. The zero-order chi connectivity index (χ0) is 17.4. The van der Waals surface area contributed by atoms with Crippen molar-refractivity contribution in [1.82, 2.24) is 10.6 Å². The van der Waals surface area contributed by atoms with Gasteiger partial charge in [-0.1, -0.05) is 60.7 Å². The molecule has 0 heterocycles. The van der Waals surface area contributed by atoms with E-state index in [1.165, 1.54) is 0 Å². The maximum absolute atomic E-state index is 10.1. The second-order valence-electron chi connectivity index (χ2n) is 6.22. The monoisotopic (exact) mass is 328 g/mol. The summed E-state index contributed by atoms with van der Waals surface area (Å²) in [6, 6.07) is 20.4. The maximum Gasteiger partial charge on any atom is 0.0935 e. The molecule has 0 aromatic heterocycles. The molecule has 0 saturated heterocycles. The largest absolute Gasteiger partial charge is 0.389 e. The van der Waals surface area contributed by atoms with Crippen LogP contribution in [0.25, 0.3) is 0 Å². The summed E-state index contributed by atoms with van der Waals surface area (Å²) >= 11 is 0. The number of hydrogen-bond donors (Lipinski definition) is 4. The second kappa shape index (κ2) is 9.55. The van der Waals surface area contributed by atoms with Crippen LogP contribution >= 0.6 is 0 Å². The molecule has 0 spiro atoms. The summed E-state index contributed by atoms with van der Waals surface area (Å²) in [5.74, 6) is 0. The highest BCUT2D eigenvalue weighted by Gasteiger charge is 2.18. The van der Waals surface area contributed by atoms with Crippen molar-refractivity contribution in [2.75, 3.05) is 13.1 Å². The Bertz CT molecular complexity index is 523. The van der Waals surface area contributed by atoms with Crippen LogP contribution in [0.15, 0.2) is 60.7 Å². The van der Waals surface area contributed by atoms with Gasteiger partial charge in [-0.25, -0.2) is 0 Å². The molecule has 0 aliphatic rings. The fraction of sp³-hybridized carbons (Fsp3) is 0.400. The van der Waals surface area contributed by atoms with Crippen LogP contribution in [0.2, 0.25) is 0 Å². The molecule has 2 rings (SSSR count). The lowest BCUT2D eigenvalue weighted by molar-refractivity contribution is 0.0183. The van der Waals surface area contributed by atoms with E-state index in [2.05, 4.69) is 10.6 Å². The number of benzene rings is 2. The molecule has 4 heteroatoms. The first kappa shape index (κ1) is 18.6. The van der Waals surface area contributed by atoms with Gasteiger partial charge in [0.15, 0.2) is 0 Å². The van der Waals surface area contributed by atoms with Gasteiger partial charge in [-0.2, -0.15) is 0 Å². The fourth-order valence-corrected chi connectivity index (χ4v) is 2.59. The number of rotatable bonds is 9. The van der Waals surface area contributed by atoms with Crippen molar-refractivity contribution in [2.24, 2.45) is 0 Å². The fourth-order valence-electron chi connectivity index (χ4n) is 2.59. The van der Waals surface area contributed by atoms with Gasteiger partial charge in [0, 0.05) is 25.2 Å². The van der Waals surface area contributed by atoms with Gasteiger partial charge in [0.25, 0.3) is 0 Å². The van der Waals surface area contributed by atoms with Crippen LogP contribution in [0.3, 0.4) is 0 Å². The Morgan fingerprint density at radius 1 is 0.667 bits per heavy atom. The van der Waals surface area contributed by atoms with E-state index in [0.717, 1.165) is 11.1 Å². The van der Waals surface area contributed by atoms with Crippen molar-refractivity contribution in [3.8, 4) is 0 Å². The molecule has 0 bridgehead atoms. The van der Waals surface area contributed by atoms with Crippen molar-refractivity contribution >= 4 is 0 Å². The molecule has 4 atom stereocenters. The van der Waals surface area contributed by atoms with Crippen LogP contribution in [-0.2, 0) is 0 Å². The summed E-state index contributed by atoms with van der Waals surface area (Å²) in [7, 11) is 0. The van der Waals surface area contributed by atoms with Gasteiger partial charge in [-0.3, -0.25) is 0 Å². The van der Waals surface area contributed by atoms with Gasteiger partial charge < -0.3 is 20.8 Å². The average Bonchev–Trinajstić information content (AvgIpc) is 2.64. The van der Waals surface area contributed by atoms with E-state index in [4.69, 9.17) is 0 Å². The first-order valence-electron chi connectivity index (χ1n) is 8.50. The molecule has 4 nitrogen and oxygen atoms in total. The Morgan fingerprint density at radius 2 is 1.00 bits per heavy atom. The first-order valence-corrected chi connectivity index (χ1v) is 8.50. The summed E-state index contributed by atoms with van der Waals surface area (Å²) < 4.78 is 0. The van der Waals surface area contributed by atoms with Crippen LogP contribution < -0.4 is 10.6 Å². The molecule has 0 amide bonds. The van der Waals surface area contributed by atoms with E-state index >= 15 is 0 Å². The lowest BCUT2D eigenvalue weighted by atomic mass is 10.1. The quantitative estimate of drug-likeness (QED) is 0.571. The molecule has 24 heavy (non-hydrogen) atoms. The maximum atomic E-state index is 10.1. The minimum Gasteiger partial charge on any atom is -0.389 e. The van der Waals surface area contributed by atoms with Gasteiger partial charge in [-0.15, -0.1) is 0 Å². The average molecular weight is 328 g/mol. The van der Waals surface area contributed by atoms with Crippen LogP contribution in [0.1, 0.15) is 37.1 Å². The second-order valence-corrected chi connectivity index (χ2v) is 6.22. The van der Waals surface area contributed by atoms with Crippen LogP contribution in [0.4, 0.5) is 0 Å². The molecule has 0 fully saturated rings. The molecule has 0 unspecified atom stereocenters. The third-order valence-corrected chi connectivity index (χ3v) is 4.31. The van der Waals surface area contributed by atoms with Crippen LogP contribution in [0.5, 0.6) is 0 Å². The topological polar surface area (TPSA) is 64.5 Å². The van der Waals surface area contributed by atoms with E-state index < -0.39 is 12.2 Å². The molecular formula is C20H28N2O2. The summed E-state index contributed by atoms with van der Waals surface area (Å²) in [5.41, 5.74) is 2.32. The van der Waals surface area contributed by atoms with Gasteiger partial charge in [0.2, 0.25) is 0 Å². The summed E-state index contributed by atoms with van der Waals surface area (Å²) in [6.45, 7) is 4.78. The van der Waals surface area contributed by atoms with Crippen molar-refractivity contribution in [3.05, 3.63) is 71.8 Å². The van der Waals surface area contributed by atoms with E-state index in [9.17, 15) is 10.2 Å². The lowest BCUT2D eigenvalue weighted by Crippen LogP contribution is -2.43. The third kappa shape index (κ3) is 5.73. The standard InChI is InChI=1S/C20H28N2O2/c1-15(17-9-5-3-6-10-17)21-13-19(23)20(24)14-22-16(2)18-11-7-4-8-12-18/h3-12,15-16,19-24H,13-14H2,1-2H3/t15-,16-,19-,20-/m1/s1. The first-order chi connectivity index (χ1) is 11.6. The predicted octanol–water partition coefficient (Wildman–Crippen LogP) is 2.41. The SMILES string of the molecule is C[C@@H](NC[C@@H](O)[C@H](O)CN[C@H](C)c1ccccc1)c1ccccc1. The van der Waals surface area contributed by atoms with E-state index in [1.54, 1.807) is 0 Å². The summed E-state index contributed by atoms with van der Waals surface area (Å²) in [4.78, 5) is 0. The normalized spacial score (nSPS) is 16.3. The minimum atomic E-state index is -0.813. The van der Waals surface area contributed by atoms with E-state index in [1.807, 2.05) is 74.5 Å². The Labute approximate surface area is 144 Å². The molecule has 0 radical (unpaired) electrons. The smallest absolute Gasteiger partial charge is 0.0935 e. The van der Waals surface area contributed by atoms with Crippen LogP contribution in [-0.4, -0.2) is 35.5 Å². The summed E-state index contributed by atoms with van der Waals surface area (Å²) in [5, 5.41) is 26.8. The zero-order valence-electron chi connectivity index (χ0n) is 14.4. The molecule has 0 aliphatic heterocycles. The number of aliphatic hydroxyl groups excluding tert-OH is 2. The summed E-state index contributed by atoms with van der Waals surface area (Å²) in [6.07, 6.45) is -1.63. The van der Waals surface area contributed by atoms with Gasteiger partial charge in [0.1, 0.15) is 0 Å². The molecule has 0 aliphatic carbocycles. The van der Waals surface area contributed by atoms with Crippen molar-refractivity contribution in [1.29, 1.82) is 0 Å². The Kier molecular flexibility index (Phi) is 7.40. The molecule has 4 N–H and O–H groups in total. The zero-order valence-corrected chi connectivity index (χ0v) is 14.4. The minimum absolute atomic E-state index is 0.129. The molecular weight excluding hydrogens is 300 g/mol. The van der Waals surface area contributed by atoms with Crippen molar-refractivity contribution in [2.45, 2.75) is 38.1 Å². The van der Waals surface area contributed by atoms with Crippen LogP contribution in [0, 0.1) is 0 Å². The molecule has 2 aromatic rings. The highest BCUT2D eigenvalue weighted by molar-refractivity contribution is 5.18. The molecule has 0 saturated carbocycles. The van der Waals surface area contributed by atoms with Gasteiger partial charge in [-0.05, 0) is 25.0 Å². The Morgan fingerprint density at radius 3 is 1.33 bits per heavy atom. The van der Waals surface area contributed by atoms with E-state index in [0.29, 0.717) is 13.1 Å². The Balaban J connectivity index is 1.73. The van der Waals surface area contributed by atoms with Crippen molar-refractivity contribution in [3.63, 3.8) is 0 Å². The lowest BCUT2D eigenvalue weighted by Gasteiger charge is -2.23. The number of nitrogens with one attached hydrogen (secondary N) is 2. The highest BCUT2D eigenvalue weighted by Crippen LogP contribution is 2.12. The number of hydrogen-bond acceptors (Lipinski definition) is 4. The van der Waals surface area contributed by atoms with E-state index in [-0.39, 0.29) is 12.1 Å². The van der Waals surface area contributed by atoms with Gasteiger partial charge in [0.05, 0.1) is 12.2 Å². The Hall–Kier alpha value is -1.72. The number of aliphatic hydroxyl groups is 2. The highest BCUT2D eigenvalue weighted by atomic mass is 16.3. The molecule has 130 valence electrons. The van der Waals surface area contributed by atoms with Crippen molar-refractivity contribution < 1.29 is 10.2 Å².